The summed E-state index contributed by atoms with van der Waals surface area (Å²) in [5.74, 6) is 0. The molecular formula is C108H160. The highest BCUT2D eigenvalue weighted by atomic mass is 14.1. The highest BCUT2D eigenvalue weighted by molar-refractivity contribution is 5.85. The van der Waals surface area contributed by atoms with Gasteiger partial charge in [0.25, 0.3) is 0 Å². The molecule has 0 heterocycles. The molecule has 592 valence electrons. The lowest BCUT2D eigenvalue weighted by atomic mass is 9.92. The van der Waals surface area contributed by atoms with Crippen molar-refractivity contribution < 1.29 is 0 Å². The highest BCUT2D eigenvalue weighted by Crippen LogP contribution is 2.35. The fourth-order valence-electron chi connectivity index (χ4n) is 9.64. The van der Waals surface area contributed by atoms with E-state index < -0.39 is 0 Å². The van der Waals surface area contributed by atoms with Gasteiger partial charge in [0.15, 0.2) is 0 Å². The van der Waals surface area contributed by atoms with Gasteiger partial charge < -0.3 is 0 Å². The Bertz CT molecular complexity index is 3700. The van der Waals surface area contributed by atoms with E-state index in [0.717, 1.165) is 0 Å². The zero-order valence-corrected chi connectivity index (χ0v) is 76.0. The molecule has 0 aliphatic carbocycles. The summed E-state index contributed by atoms with van der Waals surface area (Å²) in [6, 6.07) is 111. The minimum Gasteiger partial charge on any atom is -0.0683 e. The van der Waals surface area contributed by atoms with Crippen LogP contribution in [0.1, 0.15) is 244 Å². The second-order valence-electron chi connectivity index (χ2n) is 19.0. The summed E-state index contributed by atoms with van der Waals surface area (Å²) < 4.78 is 0. The molecule has 0 bridgehead atoms. The van der Waals surface area contributed by atoms with Gasteiger partial charge in [0.1, 0.15) is 0 Å². The maximum Gasteiger partial charge on any atom is -0.0103 e. The molecular weight excluding hydrogens is 1300 g/mol. The third-order valence-electron chi connectivity index (χ3n) is 13.7. The minimum atomic E-state index is 1.26. The second kappa shape index (κ2) is 86.6. The molecule has 12 rings (SSSR count). The lowest BCUT2D eigenvalue weighted by Gasteiger charge is -2.12. The van der Waals surface area contributed by atoms with Crippen molar-refractivity contribution in [1.29, 1.82) is 0 Å². The summed E-state index contributed by atoms with van der Waals surface area (Å²) in [5, 5.41) is 0. The summed E-state index contributed by atoms with van der Waals surface area (Å²) in [7, 11) is 0. The quantitative estimate of drug-likeness (QED) is 0.142. The summed E-state index contributed by atoms with van der Waals surface area (Å²) >= 11 is 0. The Balaban J connectivity index is -0.000000182. The van der Waals surface area contributed by atoms with E-state index in [1.807, 2.05) is 228 Å². The molecule has 0 saturated carbocycles. The average molecular weight is 1460 g/mol. The van der Waals surface area contributed by atoms with Gasteiger partial charge in [-0.1, -0.05) is 537 Å². The highest BCUT2D eigenvalue weighted by Gasteiger charge is 2.10. The van der Waals surface area contributed by atoms with Crippen LogP contribution in [0.15, 0.2) is 315 Å². The monoisotopic (exact) mass is 1460 g/mol. The molecule has 0 saturated heterocycles. The maximum absolute atomic E-state index is 2.26. The standard InChI is InChI=1S/4C19H16.16C2H6/c1-15-9-5-6-12-17(15)19-14-8-7-13-18(19)16-10-3-2-4-11-16;1-15-8-7-11-17(14-15)19-13-6-5-12-18(19)16-9-3-2-4-10-16;1-15-8-5-6-13-19(15)18-12-7-11-17(14-18)16-9-3-2-4-10-16;1-15-7-5-6-10-19(15)18-13-11-17(12-14-18)16-8-3-2-4-9-16;16*1-2/h4*2-14H,1H3;16*1-2H3. The zero-order chi connectivity index (χ0) is 84.3. The van der Waals surface area contributed by atoms with Crippen LogP contribution < -0.4 is 0 Å². The normalized spacial score (nSPS) is 8.19. The predicted molar refractivity (Wildman–Crippen MR) is 510 cm³/mol. The van der Waals surface area contributed by atoms with Gasteiger partial charge >= 0.3 is 0 Å². The molecule has 12 aromatic carbocycles. The van der Waals surface area contributed by atoms with Crippen LogP contribution >= 0.6 is 0 Å². The zero-order valence-electron chi connectivity index (χ0n) is 76.0. The number of benzene rings is 12. The van der Waals surface area contributed by atoms with Gasteiger partial charge in [0.05, 0.1) is 0 Å². The van der Waals surface area contributed by atoms with E-state index in [1.54, 1.807) is 0 Å². The van der Waals surface area contributed by atoms with Crippen molar-refractivity contribution in [2.24, 2.45) is 0 Å². The first kappa shape index (κ1) is 114. The van der Waals surface area contributed by atoms with Gasteiger partial charge in [-0.3, -0.25) is 0 Å². The summed E-state index contributed by atoms with van der Waals surface area (Å²) in [4.78, 5) is 0. The van der Waals surface area contributed by atoms with Crippen molar-refractivity contribution in [2.75, 3.05) is 0 Å². The van der Waals surface area contributed by atoms with E-state index in [-0.39, 0.29) is 0 Å². The van der Waals surface area contributed by atoms with Crippen molar-refractivity contribution in [3.8, 4) is 89.0 Å². The van der Waals surface area contributed by atoms with E-state index >= 15 is 0 Å². The maximum atomic E-state index is 2.26. The molecule has 0 aliphatic heterocycles. The molecule has 0 aliphatic rings. The van der Waals surface area contributed by atoms with Crippen LogP contribution in [0, 0.1) is 27.7 Å². The van der Waals surface area contributed by atoms with Crippen LogP contribution in [-0.2, 0) is 0 Å². The third-order valence-corrected chi connectivity index (χ3v) is 13.7. The number of aryl methyl sites for hydroxylation is 4. The molecule has 0 spiro atoms. The minimum absolute atomic E-state index is 1.26. The first-order valence-electron chi connectivity index (χ1n) is 42.2. The third kappa shape index (κ3) is 45.3. The van der Waals surface area contributed by atoms with Crippen LogP contribution in [0.2, 0.25) is 0 Å². The van der Waals surface area contributed by atoms with Crippen molar-refractivity contribution in [1.82, 2.24) is 0 Å². The van der Waals surface area contributed by atoms with Crippen LogP contribution in [0.5, 0.6) is 0 Å². The number of hydrogen-bond acceptors (Lipinski definition) is 0. The van der Waals surface area contributed by atoms with E-state index in [2.05, 4.69) is 337 Å². The molecule has 12 aromatic rings. The van der Waals surface area contributed by atoms with Crippen molar-refractivity contribution in [2.45, 2.75) is 249 Å². The van der Waals surface area contributed by atoms with E-state index in [4.69, 9.17) is 0 Å². The summed E-state index contributed by atoms with van der Waals surface area (Å²) in [5.41, 5.74) is 25.7. The lowest BCUT2D eigenvalue weighted by Crippen LogP contribution is -1.87. The Morgan fingerprint density at radius 1 is 0.111 bits per heavy atom. The smallest absolute Gasteiger partial charge is 0.0103 e. The van der Waals surface area contributed by atoms with Crippen molar-refractivity contribution >= 4 is 0 Å². The van der Waals surface area contributed by atoms with Crippen LogP contribution in [0.3, 0.4) is 0 Å². The first-order chi connectivity index (χ1) is 53.4. The molecule has 0 aromatic heterocycles. The van der Waals surface area contributed by atoms with Crippen molar-refractivity contribution in [3.63, 3.8) is 0 Å². The Morgan fingerprint density at radius 3 is 0.620 bits per heavy atom. The number of hydrogen-bond donors (Lipinski definition) is 0. The van der Waals surface area contributed by atoms with Crippen LogP contribution in [0.25, 0.3) is 89.0 Å². The van der Waals surface area contributed by atoms with Gasteiger partial charge in [-0.25, -0.2) is 0 Å². The largest absolute Gasteiger partial charge is 0.0683 e. The molecule has 0 amide bonds. The van der Waals surface area contributed by atoms with Gasteiger partial charge in [-0.05, 0) is 139 Å². The molecule has 108 heavy (non-hydrogen) atoms. The molecule has 0 atom stereocenters. The van der Waals surface area contributed by atoms with Crippen molar-refractivity contribution in [3.05, 3.63) is 338 Å². The van der Waals surface area contributed by atoms with Crippen LogP contribution in [-0.4, -0.2) is 0 Å². The SMILES string of the molecule is CC.CC.CC.CC.CC.CC.CC.CC.CC.CC.CC.CC.CC.CC.CC.CC.Cc1cccc(-c2ccccc2-c2ccccc2)c1.Cc1ccccc1-c1ccc(-c2ccccc2)cc1.Cc1ccccc1-c1cccc(-c2ccccc2)c1.Cc1ccccc1-c1ccccc1-c1ccccc1. The summed E-state index contributed by atoms with van der Waals surface area (Å²) in [6.07, 6.45) is 0. The lowest BCUT2D eigenvalue weighted by molar-refractivity contribution is 1.46. The Hall–Kier alpha value is -9.36. The number of rotatable bonds is 8. The molecule has 0 N–H and O–H groups in total. The van der Waals surface area contributed by atoms with E-state index in [9.17, 15) is 0 Å². The predicted octanol–water partition coefficient (Wildman–Crippen LogP) is 37.7. The van der Waals surface area contributed by atoms with Crippen LogP contribution in [0.4, 0.5) is 0 Å². The topological polar surface area (TPSA) is 0 Å². The second-order valence-corrected chi connectivity index (χ2v) is 19.0. The Morgan fingerprint density at radius 2 is 0.296 bits per heavy atom. The molecule has 0 radical (unpaired) electrons. The fraction of sp³-hybridized carbons (Fsp3) is 0.333. The van der Waals surface area contributed by atoms with Gasteiger partial charge in [0, 0.05) is 0 Å². The van der Waals surface area contributed by atoms with Gasteiger partial charge in [0.2, 0.25) is 0 Å². The molecule has 0 nitrogen and oxygen atoms in total. The average Bonchev–Trinajstić information content (AvgIpc) is 0.836. The fourth-order valence-corrected chi connectivity index (χ4v) is 9.64. The first-order valence-corrected chi connectivity index (χ1v) is 42.2. The molecule has 0 heteroatoms. The van der Waals surface area contributed by atoms with E-state index in [0.29, 0.717) is 0 Å². The Kier molecular flexibility index (Phi) is 91.7. The molecule has 0 unspecified atom stereocenters. The molecule has 0 fully saturated rings. The summed E-state index contributed by atoms with van der Waals surface area (Å²) in [6.45, 7) is 72.6. The van der Waals surface area contributed by atoms with E-state index in [1.165, 1.54) is 111 Å². The van der Waals surface area contributed by atoms with Gasteiger partial charge in [-0.15, -0.1) is 0 Å². The Labute approximate surface area is 671 Å². The van der Waals surface area contributed by atoms with Gasteiger partial charge in [-0.2, -0.15) is 0 Å².